The Kier molecular flexibility index (Phi) is 6.70. The molecule has 1 heterocycles. The highest BCUT2D eigenvalue weighted by Gasteiger charge is 2.40. The standard InChI is InChI=1S/C24H33NO5/c1-14-18(21(26)29-23(3,4)5)20(16-11-10-12-17(13-16)28-9)19(15(2)25-14)22(27)30-24(6,7)8/h10-13,20,25H,1-9H3. The Balaban J connectivity index is 2.67. The lowest BCUT2D eigenvalue weighted by molar-refractivity contribution is -0.150. The maximum Gasteiger partial charge on any atom is 0.337 e. The van der Waals surface area contributed by atoms with Crippen LogP contribution in [-0.4, -0.2) is 30.3 Å². The van der Waals surface area contributed by atoms with Crippen LogP contribution < -0.4 is 10.1 Å². The minimum absolute atomic E-state index is 0.379. The van der Waals surface area contributed by atoms with Gasteiger partial charge in [-0.1, -0.05) is 12.1 Å². The Morgan fingerprint density at radius 2 is 1.33 bits per heavy atom. The van der Waals surface area contributed by atoms with Crippen LogP contribution >= 0.6 is 0 Å². The molecule has 6 nitrogen and oxygen atoms in total. The zero-order valence-corrected chi connectivity index (χ0v) is 19.4. The molecule has 0 saturated heterocycles. The van der Waals surface area contributed by atoms with Gasteiger partial charge in [0.1, 0.15) is 17.0 Å². The molecule has 0 aliphatic carbocycles. The first-order valence-corrected chi connectivity index (χ1v) is 10.0. The topological polar surface area (TPSA) is 73.9 Å². The SMILES string of the molecule is COc1cccc(C2C(C(=O)OC(C)(C)C)=C(C)NC(C)=C2C(=O)OC(C)(C)C)c1. The van der Waals surface area contributed by atoms with E-state index >= 15 is 0 Å². The lowest BCUT2D eigenvalue weighted by Crippen LogP contribution is -2.36. The zero-order valence-electron chi connectivity index (χ0n) is 19.4. The lowest BCUT2D eigenvalue weighted by Gasteiger charge is -2.33. The maximum absolute atomic E-state index is 13.2. The van der Waals surface area contributed by atoms with Crippen LogP contribution in [0.4, 0.5) is 0 Å². The summed E-state index contributed by atoms with van der Waals surface area (Å²) < 4.78 is 16.7. The van der Waals surface area contributed by atoms with Gasteiger partial charge in [-0.25, -0.2) is 9.59 Å². The summed E-state index contributed by atoms with van der Waals surface area (Å²) in [6.07, 6.45) is 0. The zero-order chi connectivity index (χ0) is 22.9. The highest BCUT2D eigenvalue weighted by atomic mass is 16.6. The number of ether oxygens (including phenoxy) is 3. The Bertz CT molecular complexity index is 847. The van der Waals surface area contributed by atoms with E-state index in [0.717, 1.165) is 5.56 Å². The lowest BCUT2D eigenvalue weighted by atomic mass is 9.80. The molecule has 0 saturated carbocycles. The van der Waals surface area contributed by atoms with Crippen LogP contribution in [0.25, 0.3) is 0 Å². The highest BCUT2D eigenvalue weighted by molar-refractivity contribution is 6.00. The predicted molar refractivity (Wildman–Crippen MR) is 116 cm³/mol. The van der Waals surface area contributed by atoms with Gasteiger partial charge in [-0.3, -0.25) is 0 Å². The first-order valence-electron chi connectivity index (χ1n) is 10.0. The monoisotopic (exact) mass is 415 g/mol. The van der Waals surface area contributed by atoms with Gasteiger partial charge in [0.2, 0.25) is 0 Å². The number of rotatable bonds is 4. The minimum Gasteiger partial charge on any atom is -0.497 e. The van der Waals surface area contributed by atoms with E-state index in [2.05, 4.69) is 5.32 Å². The van der Waals surface area contributed by atoms with Gasteiger partial charge in [-0.2, -0.15) is 0 Å². The van der Waals surface area contributed by atoms with Gasteiger partial charge in [0, 0.05) is 11.4 Å². The Labute approximate surface area is 179 Å². The third-order valence-corrected chi connectivity index (χ3v) is 4.43. The Morgan fingerprint density at radius 3 is 1.73 bits per heavy atom. The molecule has 0 aromatic heterocycles. The molecule has 0 atom stereocenters. The van der Waals surface area contributed by atoms with Gasteiger partial charge >= 0.3 is 11.9 Å². The molecule has 1 N–H and O–H groups in total. The highest BCUT2D eigenvalue weighted by Crippen LogP contribution is 2.41. The first-order chi connectivity index (χ1) is 13.7. The number of hydrogen-bond acceptors (Lipinski definition) is 6. The summed E-state index contributed by atoms with van der Waals surface area (Å²) in [5.41, 5.74) is 1.44. The van der Waals surface area contributed by atoms with Gasteiger partial charge < -0.3 is 19.5 Å². The molecule has 1 aliphatic rings. The van der Waals surface area contributed by atoms with Crippen molar-refractivity contribution in [3.05, 3.63) is 52.4 Å². The molecule has 6 heteroatoms. The number of methoxy groups -OCH3 is 1. The molecule has 164 valence electrons. The summed E-state index contributed by atoms with van der Waals surface area (Å²) in [6.45, 7) is 14.5. The fraction of sp³-hybridized carbons (Fsp3) is 0.500. The predicted octanol–water partition coefficient (Wildman–Crippen LogP) is 4.61. The van der Waals surface area contributed by atoms with Crippen LogP contribution in [0, 0.1) is 0 Å². The van der Waals surface area contributed by atoms with Crippen molar-refractivity contribution in [2.24, 2.45) is 0 Å². The second kappa shape index (κ2) is 8.54. The molecule has 0 amide bonds. The number of benzene rings is 1. The van der Waals surface area contributed by atoms with Crippen molar-refractivity contribution in [3.63, 3.8) is 0 Å². The van der Waals surface area contributed by atoms with E-state index in [1.165, 1.54) is 0 Å². The van der Waals surface area contributed by atoms with Crippen LogP contribution in [0.5, 0.6) is 5.75 Å². The van der Waals surface area contributed by atoms with Crippen molar-refractivity contribution in [3.8, 4) is 5.75 Å². The number of carbonyl (C=O) groups excluding carboxylic acids is 2. The molecule has 1 aliphatic heterocycles. The van der Waals surface area contributed by atoms with Crippen LogP contribution in [0.1, 0.15) is 66.9 Å². The Morgan fingerprint density at radius 1 is 0.867 bits per heavy atom. The van der Waals surface area contributed by atoms with E-state index in [4.69, 9.17) is 14.2 Å². The molecule has 0 bridgehead atoms. The van der Waals surface area contributed by atoms with Crippen molar-refractivity contribution in [2.45, 2.75) is 72.5 Å². The number of hydrogen-bond donors (Lipinski definition) is 1. The van der Waals surface area contributed by atoms with Crippen LogP contribution in [0.15, 0.2) is 46.8 Å². The van der Waals surface area contributed by atoms with E-state index in [-0.39, 0.29) is 0 Å². The summed E-state index contributed by atoms with van der Waals surface area (Å²) in [5.74, 6) is -0.970. The number of dihydropyridines is 1. The van der Waals surface area contributed by atoms with Crippen LogP contribution in [0.2, 0.25) is 0 Å². The molecule has 0 spiro atoms. The number of allylic oxidation sites excluding steroid dienone is 2. The van der Waals surface area contributed by atoms with Gasteiger partial charge in [0.15, 0.2) is 0 Å². The normalized spacial score (nSPS) is 15.6. The van der Waals surface area contributed by atoms with Gasteiger partial charge in [-0.05, 0) is 73.1 Å². The van der Waals surface area contributed by atoms with Gasteiger partial charge in [-0.15, -0.1) is 0 Å². The van der Waals surface area contributed by atoms with E-state index in [0.29, 0.717) is 28.3 Å². The fourth-order valence-electron chi connectivity index (χ4n) is 3.36. The van der Waals surface area contributed by atoms with Crippen molar-refractivity contribution in [1.82, 2.24) is 5.32 Å². The minimum atomic E-state index is -0.675. The average molecular weight is 416 g/mol. The molecular formula is C24H33NO5. The van der Waals surface area contributed by atoms with Crippen molar-refractivity contribution < 1.29 is 23.8 Å². The van der Waals surface area contributed by atoms with E-state index in [1.54, 1.807) is 7.11 Å². The van der Waals surface area contributed by atoms with E-state index in [1.807, 2.05) is 79.7 Å². The third-order valence-electron chi connectivity index (χ3n) is 4.43. The van der Waals surface area contributed by atoms with Crippen LogP contribution in [-0.2, 0) is 19.1 Å². The molecule has 30 heavy (non-hydrogen) atoms. The second-order valence-electron chi connectivity index (χ2n) is 9.42. The largest absolute Gasteiger partial charge is 0.497 e. The molecule has 1 aromatic carbocycles. The summed E-state index contributed by atoms with van der Waals surface area (Å²) in [6, 6.07) is 7.34. The fourth-order valence-corrected chi connectivity index (χ4v) is 3.36. The quantitative estimate of drug-likeness (QED) is 0.724. The van der Waals surface area contributed by atoms with Crippen molar-refractivity contribution in [1.29, 1.82) is 0 Å². The molecule has 0 fully saturated rings. The van der Waals surface area contributed by atoms with Crippen molar-refractivity contribution >= 4 is 11.9 Å². The van der Waals surface area contributed by atoms with E-state index in [9.17, 15) is 9.59 Å². The molecule has 1 aromatic rings. The van der Waals surface area contributed by atoms with Crippen molar-refractivity contribution in [2.75, 3.05) is 7.11 Å². The molecule has 2 rings (SSSR count). The Hall–Kier alpha value is -2.76. The molecule has 0 radical (unpaired) electrons. The van der Waals surface area contributed by atoms with E-state index < -0.39 is 29.1 Å². The summed E-state index contributed by atoms with van der Waals surface area (Å²) in [5, 5.41) is 3.17. The summed E-state index contributed by atoms with van der Waals surface area (Å²) in [7, 11) is 1.58. The smallest absolute Gasteiger partial charge is 0.337 e. The summed E-state index contributed by atoms with van der Waals surface area (Å²) >= 11 is 0. The summed E-state index contributed by atoms with van der Waals surface area (Å²) in [4.78, 5) is 26.4. The van der Waals surface area contributed by atoms with Crippen LogP contribution in [0.3, 0.4) is 0 Å². The number of nitrogens with one attached hydrogen (secondary N) is 1. The number of esters is 2. The van der Waals surface area contributed by atoms with Gasteiger partial charge in [0.05, 0.1) is 24.2 Å². The molecular weight excluding hydrogens is 382 g/mol. The third kappa shape index (κ3) is 5.65. The second-order valence-corrected chi connectivity index (χ2v) is 9.42. The maximum atomic E-state index is 13.2. The number of carbonyl (C=O) groups is 2. The van der Waals surface area contributed by atoms with Gasteiger partial charge in [0.25, 0.3) is 0 Å². The first kappa shape index (κ1) is 23.5. The average Bonchev–Trinajstić information content (AvgIpc) is 2.57. The molecule has 0 unspecified atom stereocenters.